The molecule has 1 aromatic heterocycles. The minimum Gasteiger partial charge on any atom is -0.465 e. The quantitative estimate of drug-likeness (QED) is 0.405. The number of esters is 1. The highest BCUT2D eigenvalue weighted by Gasteiger charge is 2.18. The number of methoxy groups -OCH3 is 1. The first-order valence-corrected chi connectivity index (χ1v) is 9.70. The molecule has 0 saturated carbocycles. The zero-order chi connectivity index (χ0) is 19.4. The number of carbonyl (C=O) groups excluding carboxylic acids is 1. The van der Waals surface area contributed by atoms with E-state index in [4.69, 9.17) is 28.6 Å². The number of anilines is 2. The van der Waals surface area contributed by atoms with E-state index in [0.29, 0.717) is 20.7 Å². The summed E-state index contributed by atoms with van der Waals surface area (Å²) in [6.07, 6.45) is 0. The Hall–Kier alpha value is -2.41. The molecular weight excluding hydrogens is 400 g/mol. The average Bonchev–Trinajstić information content (AvgIpc) is 3.09. The Morgan fingerprint density at radius 1 is 1.11 bits per heavy atom. The van der Waals surface area contributed by atoms with Crippen molar-refractivity contribution in [2.45, 2.75) is 6.92 Å². The maximum Gasteiger partial charge on any atom is 0.340 e. The van der Waals surface area contributed by atoms with Gasteiger partial charge in [0, 0.05) is 15.6 Å². The van der Waals surface area contributed by atoms with Gasteiger partial charge in [0.15, 0.2) is 5.11 Å². The van der Waals surface area contributed by atoms with Gasteiger partial charge in [0.05, 0.1) is 12.7 Å². The maximum atomic E-state index is 12.2. The lowest BCUT2D eigenvalue weighted by molar-refractivity contribution is 0.0602. The first kappa shape index (κ1) is 19.4. The van der Waals surface area contributed by atoms with Crippen molar-refractivity contribution in [1.29, 1.82) is 0 Å². The van der Waals surface area contributed by atoms with Gasteiger partial charge in [-0.05, 0) is 48.5 Å². The van der Waals surface area contributed by atoms with Crippen molar-refractivity contribution in [1.82, 2.24) is 0 Å². The largest absolute Gasteiger partial charge is 0.465 e. The molecular formula is C20H17ClN2O2S2. The van der Waals surface area contributed by atoms with Crippen molar-refractivity contribution in [2.75, 3.05) is 17.7 Å². The highest BCUT2D eigenvalue weighted by Crippen LogP contribution is 2.36. The van der Waals surface area contributed by atoms with E-state index in [1.807, 2.05) is 55.5 Å². The number of carbonyl (C=O) groups is 1. The van der Waals surface area contributed by atoms with Crippen molar-refractivity contribution in [3.8, 4) is 10.4 Å². The summed E-state index contributed by atoms with van der Waals surface area (Å²) in [5.41, 5.74) is 3.16. The van der Waals surface area contributed by atoms with Crippen LogP contribution in [-0.2, 0) is 4.74 Å². The maximum absolute atomic E-state index is 12.2. The standard InChI is InChI=1S/C20H17ClN2O2S2/c1-12-15(21)9-6-10-16(12)22-20(26)23-18-14(19(24)25-2)11-17(27-18)13-7-4-3-5-8-13/h3-11H,1-2H3,(H2,22,23,26). The molecule has 3 rings (SSSR count). The molecule has 0 unspecified atom stereocenters. The molecule has 138 valence electrons. The van der Waals surface area contributed by atoms with E-state index in [-0.39, 0.29) is 0 Å². The molecule has 0 atom stereocenters. The fourth-order valence-corrected chi connectivity index (χ4v) is 4.00. The van der Waals surface area contributed by atoms with Crippen molar-refractivity contribution in [3.63, 3.8) is 0 Å². The number of halogens is 1. The van der Waals surface area contributed by atoms with Gasteiger partial charge in [-0.1, -0.05) is 48.0 Å². The van der Waals surface area contributed by atoms with Gasteiger partial charge in [0.25, 0.3) is 0 Å². The minimum atomic E-state index is -0.419. The molecule has 0 aliphatic rings. The van der Waals surface area contributed by atoms with Gasteiger partial charge in [-0.25, -0.2) is 4.79 Å². The van der Waals surface area contributed by atoms with Crippen LogP contribution >= 0.6 is 35.2 Å². The number of nitrogens with one attached hydrogen (secondary N) is 2. The molecule has 0 bridgehead atoms. The predicted molar refractivity (Wildman–Crippen MR) is 117 cm³/mol. The third-order valence-electron chi connectivity index (χ3n) is 3.94. The average molecular weight is 417 g/mol. The summed E-state index contributed by atoms with van der Waals surface area (Å²) >= 11 is 13.0. The van der Waals surface area contributed by atoms with E-state index in [2.05, 4.69) is 10.6 Å². The van der Waals surface area contributed by atoms with Crippen LogP contribution in [0.5, 0.6) is 0 Å². The summed E-state index contributed by atoms with van der Waals surface area (Å²) in [4.78, 5) is 13.1. The van der Waals surface area contributed by atoms with Crippen LogP contribution in [0.25, 0.3) is 10.4 Å². The smallest absolute Gasteiger partial charge is 0.340 e. The Kier molecular flexibility index (Phi) is 6.11. The fraction of sp³-hybridized carbons (Fsp3) is 0.100. The fourth-order valence-electron chi connectivity index (χ4n) is 2.49. The molecule has 3 aromatic rings. The Balaban J connectivity index is 1.86. The van der Waals surface area contributed by atoms with Crippen LogP contribution in [0.3, 0.4) is 0 Å². The second-order valence-electron chi connectivity index (χ2n) is 5.70. The highest BCUT2D eigenvalue weighted by atomic mass is 35.5. The predicted octanol–water partition coefficient (Wildman–Crippen LogP) is 5.97. The summed E-state index contributed by atoms with van der Waals surface area (Å²) in [6.45, 7) is 1.91. The number of hydrogen-bond acceptors (Lipinski definition) is 4. The second-order valence-corrected chi connectivity index (χ2v) is 7.57. The Morgan fingerprint density at radius 2 is 1.85 bits per heavy atom. The zero-order valence-electron chi connectivity index (χ0n) is 14.7. The van der Waals surface area contributed by atoms with Crippen LogP contribution in [0, 0.1) is 6.92 Å². The number of thiocarbonyl (C=S) groups is 1. The van der Waals surface area contributed by atoms with E-state index in [0.717, 1.165) is 21.7 Å². The van der Waals surface area contributed by atoms with Gasteiger partial charge in [-0.2, -0.15) is 0 Å². The molecule has 0 saturated heterocycles. The van der Waals surface area contributed by atoms with Gasteiger partial charge in [-0.3, -0.25) is 0 Å². The van der Waals surface area contributed by atoms with Crippen molar-refractivity contribution < 1.29 is 9.53 Å². The van der Waals surface area contributed by atoms with E-state index in [9.17, 15) is 4.79 Å². The number of benzene rings is 2. The van der Waals surface area contributed by atoms with Crippen molar-refractivity contribution in [3.05, 3.63) is 70.7 Å². The third kappa shape index (κ3) is 4.47. The van der Waals surface area contributed by atoms with Crippen molar-refractivity contribution >= 4 is 56.9 Å². The molecule has 27 heavy (non-hydrogen) atoms. The van der Waals surface area contributed by atoms with Crippen molar-refractivity contribution in [2.24, 2.45) is 0 Å². The number of thiophene rings is 1. The van der Waals surface area contributed by atoms with E-state index in [1.54, 1.807) is 6.07 Å². The van der Waals surface area contributed by atoms with E-state index < -0.39 is 5.97 Å². The molecule has 2 N–H and O–H groups in total. The Labute approximate surface area is 172 Å². The SMILES string of the molecule is COC(=O)c1cc(-c2ccccc2)sc1NC(=S)Nc1cccc(Cl)c1C. The molecule has 7 heteroatoms. The van der Waals surface area contributed by atoms with Gasteiger partial charge >= 0.3 is 5.97 Å². The number of ether oxygens (including phenoxy) is 1. The van der Waals surface area contributed by atoms with Crippen LogP contribution in [0.4, 0.5) is 10.7 Å². The Morgan fingerprint density at radius 3 is 2.56 bits per heavy atom. The molecule has 0 radical (unpaired) electrons. The Bertz CT molecular complexity index is 987. The summed E-state index contributed by atoms with van der Waals surface area (Å²) < 4.78 is 4.91. The highest BCUT2D eigenvalue weighted by molar-refractivity contribution is 7.80. The van der Waals surface area contributed by atoms with E-state index >= 15 is 0 Å². The molecule has 1 heterocycles. The normalized spacial score (nSPS) is 10.3. The van der Waals surface area contributed by atoms with Gasteiger partial charge < -0.3 is 15.4 Å². The molecule has 0 spiro atoms. The monoisotopic (exact) mass is 416 g/mol. The third-order valence-corrected chi connectivity index (χ3v) is 5.65. The summed E-state index contributed by atoms with van der Waals surface area (Å²) in [5.74, 6) is -0.419. The van der Waals surface area contributed by atoms with E-state index in [1.165, 1.54) is 18.4 Å². The van der Waals surface area contributed by atoms with Crippen LogP contribution in [0.15, 0.2) is 54.6 Å². The molecule has 2 aromatic carbocycles. The molecule has 0 amide bonds. The molecule has 0 aliphatic carbocycles. The van der Waals surface area contributed by atoms with Crippen LogP contribution in [-0.4, -0.2) is 18.2 Å². The van der Waals surface area contributed by atoms with Crippen LogP contribution < -0.4 is 10.6 Å². The minimum absolute atomic E-state index is 0.368. The lowest BCUT2D eigenvalue weighted by atomic mass is 10.1. The first-order valence-electron chi connectivity index (χ1n) is 8.10. The summed E-state index contributed by atoms with van der Waals surface area (Å²) in [5, 5.41) is 7.87. The number of rotatable bonds is 4. The zero-order valence-corrected chi connectivity index (χ0v) is 17.1. The summed E-state index contributed by atoms with van der Waals surface area (Å²) in [7, 11) is 1.36. The first-order chi connectivity index (χ1) is 13.0. The number of hydrogen-bond donors (Lipinski definition) is 2. The molecule has 4 nitrogen and oxygen atoms in total. The molecule has 0 fully saturated rings. The van der Waals surface area contributed by atoms with Crippen LogP contribution in [0.2, 0.25) is 5.02 Å². The lowest BCUT2D eigenvalue weighted by Gasteiger charge is -2.13. The molecule has 0 aliphatic heterocycles. The lowest BCUT2D eigenvalue weighted by Crippen LogP contribution is -2.20. The van der Waals surface area contributed by atoms with Crippen LogP contribution in [0.1, 0.15) is 15.9 Å². The topological polar surface area (TPSA) is 50.4 Å². The second kappa shape index (κ2) is 8.52. The van der Waals surface area contributed by atoms with Gasteiger partial charge in [0.1, 0.15) is 5.00 Å². The van der Waals surface area contributed by atoms with Gasteiger partial charge in [-0.15, -0.1) is 11.3 Å². The summed E-state index contributed by atoms with van der Waals surface area (Å²) in [6, 6.07) is 17.2. The van der Waals surface area contributed by atoms with Gasteiger partial charge in [0.2, 0.25) is 0 Å².